The third-order valence-electron chi connectivity index (χ3n) is 2.84. The first-order valence-corrected chi connectivity index (χ1v) is 6.12. The number of likely N-dealkylation sites (tertiary alicyclic amines) is 1. The molecule has 0 unspecified atom stereocenters. The smallest absolute Gasteiger partial charge is 0.326 e. The lowest BCUT2D eigenvalue weighted by molar-refractivity contribution is -0.141. The van der Waals surface area contributed by atoms with Gasteiger partial charge in [0.1, 0.15) is 16.3 Å². The Bertz CT molecular complexity index is 507. The predicted octanol–water partition coefficient (Wildman–Crippen LogP) is 2.08. The van der Waals surface area contributed by atoms with Crippen molar-refractivity contribution in [2.24, 2.45) is 0 Å². The quantitative estimate of drug-likeness (QED) is 0.846. The van der Waals surface area contributed by atoms with Crippen molar-refractivity contribution >= 4 is 35.1 Å². The Kier molecular flexibility index (Phi) is 3.73. The van der Waals surface area contributed by atoms with E-state index in [2.05, 4.69) is 4.98 Å². The summed E-state index contributed by atoms with van der Waals surface area (Å²) in [6.07, 6.45) is 1.13. The average molecular weight is 289 g/mol. The summed E-state index contributed by atoms with van der Waals surface area (Å²) in [4.78, 5) is 28.3. The molecule has 0 spiro atoms. The van der Waals surface area contributed by atoms with Gasteiger partial charge < -0.3 is 10.0 Å². The Morgan fingerprint density at radius 2 is 2.11 bits per heavy atom. The average Bonchev–Trinajstić information content (AvgIpc) is 2.77. The fourth-order valence-electron chi connectivity index (χ4n) is 1.99. The van der Waals surface area contributed by atoms with Gasteiger partial charge in [-0.1, -0.05) is 23.2 Å². The summed E-state index contributed by atoms with van der Waals surface area (Å²) >= 11 is 11.5. The molecule has 2 heterocycles. The molecule has 7 heteroatoms. The van der Waals surface area contributed by atoms with Crippen LogP contribution >= 0.6 is 23.2 Å². The zero-order valence-corrected chi connectivity index (χ0v) is 10.8. The first-order chi connectivity index (χ1) is 8.50. The molecule has 1 saturated heterocycles. The van der Waals surface area contributed by atoms with Gasteiger partial charge in [-0.15, -0.1) is 0 Å². The van der Waals surface area contributed by atoms with E-state index in [4.69, 9.17) is 28.3 Å². The van der Waals surface area contributed by atoms with E-state index in [1.807, 2.05) is 0 Å². The molecule has 0 aliphatic carbocycles. The van der Waals surface area contributed by atoms with E-state index >= 15 is 0 Å². The Morgan fingerprint density at radius 1 is 1.39 bits per heavy atom. The molecule has 0 radical (unpaired) electrons. The van der Waals surface area contributed by atoms with Gasteiger partial charge in [0.2, 0.25) is 0 Å². The second kappa shape index (κ2) is 5.12. The summed E-state index contributed by atoms with van der Waals surface area (Å²) in [5, 5.41) is 9.21. The minimum atomic E-state index is -1.00. The standard InChI is InChI=1S/C11H10Cl2N2O3/c12-8-4-3-6(9(13)14-8)10(16)15-5-1-2-7(15)11(17)18/h3-4,7H,1-2,5H2,(H,17,18)/t7-/m1/s1. The number of hydrogen-bond donors (Lipinski definition) is 1. The molecule has 1 aromatic rings. The zero-order chi connectivity index (χ0) is 13.3. The lowest BCUT2D eigenvalue weighted by Gasteiger charge is -2.21. The molecule has 96 valence electrons. The Morgan fingerprint density at radius 3 is 2.72 bits per heavy atom. The number of rotatable bonds is 2. The minimum absolute atomic E-state index is 0.0106. The monoisotopic (exact) mass is 288 g/mol. The van der Waals surface area contributed by atoms with Crippen molar-refractivity contribution in [1.29, 1.82) is 0 Å². The van der Waals surface area contributed by atoms with Crippen molar-refractivity contribution < 1.29 is 14.7 Å². The van der Waals surface area contributed by atoms with Gasteiger partial charge in [0.25, 0.3) is 5.91 Å². The molecule has 1 amide bonds. The Balaban J connectivity index is 2.28. The molecule has 1 aliphatic heterocycles. The highest BCUT2D eigenvalue weighted by atomic mass is 35.5. The van der Waals surface area contributed by atoms with E-state index in [0.29, 0.717) is 19.4 Å². The van der Waals surface area contributed by atoms with Crippen LogP contribution in [-0.4, -0.2) is 39.5 Å². The largest absolute Gasteiger partial charge is 0.480 e. The van der Waals surface area contributed by atoms with Gasteiger partial charge in [-0.3, -0.25) is 4.79 Å². The maximum atomic E-state index is 12.2. The van der Waals surface area contributed by atoms with Gasteiger partial charge in [0.05, 0.1) is 5.56 Å². The van der Waals surface area contributed by atoms with Crippen molar-refractivity contribution in [2.75, 3.05) is 6.54 Å². The maximum absolute atomic E-state index is 12.2. The third kappa shape index (κ3) is 2.42. The summed E-state index contributed by atoms with van der Waals surface area (Å²) in [5.41, 5.74) is 0.175. The SMILES string of the molecule is O=C(O)[C@H]1CCCN1C(=O)c1ccc(Cl)nc1Cl. The lowest BCUT2D eigenvalue weighted by atomic mass is 10.2. The molecular formula is C11H10Cl2N2O3. The van der Waals surface area contributed by atoms with E-state index in [9.17, 15) is 9.59 Å². The van der Waals surface area contributed by atoms with Crippen LogP contribution in [0.5, 0.6) is 0 Å². The summed E-state index contributed by atoms with van der Waals surface area (Å²) in [7, 11) is 0. The molecule has 1 atom stereocenters. The molecular weight excluding hydrogens is 279 g/mol. The molecule has 0 saturated carbocycles. The van der Waals surface area contributed by atoms with E-state index in [0.717, 1.165) is 0 Å². The second-order valence-electron chi connectivity index (χ2n) is 3.97. The number of carbonyl (C=O) groups is 2. The summed E-state index contributed by atoms with van der Waals surface area (Å²) < 4.78 is 0. The predicted molar refractivity (Wildman–Crippen MR) is 66.0 cm³/mol. The fourth-order valence-corrected chi connectivity index (χ4v) is 2.42. The maximum Gasteiger partial charge on any atom is 0.326 e. The van der Waals surface area contributed by atoms with E-state index in [1.165, 1.54) is 17.0 Å². The Hall–Kier alpha value is -1.33. The van der Waals surface area contributed by atoms with E-state index < -0.39 is 17.9 Å². The number of amides is 1. The van der Waals surface area contributed by atoms with Crippen LogP contribution in [0.1, 0.15) is 23.2 Å². The lowest BCUT2D eigenvalue weighted by Crippen LogP contribution is -2.40. The number of carbonyl (C=O) groups excluding carboxylic acids is 1. The van der Waals surface area contributed by atoms with Crippen molar-refractivity contribution in [3.63, 3.8) is 0 Å². The van der Waals surface area contributed by atoms with Gasteiger partial charge in [0, 0.05) is 6.54 Å². The fraction of sp³-hybridized carbons (Fsp3) is 0.364. The van der Waals surface area contributed by atoms with Gasteiger partial charge in [0.15, 0.2) is 0 Å². The van der Waals surface area contributed by atoms with Crippen LogP contribution in [0.4, 0.5) is 0 Å². The molecule has 5 nitrogen and oxygen atoms in total. The third-order valence-corrected chi connectivity index (χ3v) is 3.34. The summed E-state index contributed by atoms with van der Waals surface area (Å²) in [5.74, 6) is -1.42. The number of pyridine rings is 1. The van der Waals surface area contributed by atoms with Crippen LogP contribution in [0.2, 0.25) is 10.3 Å². The van der Waals surface area contributed by atoms with Crippen molar-refractivity contribution in [3.8, 4) is 0 Å². The normalized spacial score (nSPS) is 19.0. The molecule has 1 fully saturated rings. The number of carboxylic acid groups (broad SMARTS) is 1. The molecule has 1 N–H and O–H groups in total. The first kappa shape index (κ1) is 13.1. The van der Waals surface area contributed by atoms with Crippen LogP contribution < -0.4 is 0 Å². The number of nitrogens with zero attached hydrogens (tertiary/aromatic N) is 2. The van der Waals surface area contributed by atoms with Gasteiger partial charge in [-0.2, -0.15) is 0 Å². The zero-order valence-electron chi connectivity index (χ0n) is 9.27. The molecule has 18 heavy (non-hydrogen) atoms. The van der Waals surface area contributed by atoms with E-state index in [1.54, 1.807) is 0 Å². The molecule has 1 aromatic heterocycles. The summed E-state index contributed by atoms with van der Waals surface area (Å²) in [6.45, 7) is 0.411. The molecule has 0 aromatic carbocycles. The number of halogens is 2. The van der Waals surface area contributed by atoms with Crippen molar-refractivity contribution in [3.05, 3.63) is 28.0 Å². The highest BCUT2D eigenvalue weighted by Crippen LogP contribution is 2.24. The van der Waals surface area contributed by atoms with E-state index in [-0.39, 0.29) is 15.9 Å². The van der Waals surface area contributed by atoms with Crippen molar-refractivity contribution in [2.45, 2.75) is 18.9 Å². The van der Waals surface area contributed by atoms with Crippen LogP contribution in [0.15, 0.2) is 12.1 Å². The molecule has 2 rings (SSSR count). The Labute approximate surface area is 113 Å². The van der Waals surface area contributed by atoms with Gasteiger partial charge in [-0.05, 0) is 25.0 Å². The van der Waals surface area contributed by atoms with Gasteiger partial charge >= 0.3 is 5.97 Å². The summed E-state index contributed by atoms with van der Waals surface area (Å²) in [6, 6.07) is 2.12. The van der Waals surface area contributed by atoms with Gasteiger partial charge in [-0.25, -0.2) is 9.78 Å². The molecule has 1 aliphatic rings. The van der Waals surface area contributed by atoms with Crippen LogP contribution in [-0.2, 0) is 4.79 Å². The number of carboxylic acids is 1. The highest BCUT2D eigenvalue weighted by molar-refractivity contribution is 6.34. The van der Waals surface area contributed by atoms with Crippen LogP contribution in [0, 0.1) is 0 Å². The van der Waals surface area contributed by atoms with Crippen LogP contribution in [0.3, 0.4) is 0 Å². The number of hydrogen-bond acceptors (Lipinski definition) is 3. The molecule has 0 bridgehead atoms. The highest BCUT2D eigenvalue weighted by Gasteiger charge is 2.35. The topological polar surface area (TPSA) is 70.5 Å². The minimum Gasteiger partial charge on any atom is -0.480 e. The number of aromatic nitrogens is 1. The van der Waals surface area contributed by atoms with Crippen molar-refractivity contribution in [1.82, 2.24) is 9.88 Å². The first-order valence-electron chi connectivity index (χ1n) is 5.36. The van der Waals surface area contributed by atoms with Crippen LogP contribution in [0.25, 0.3) is 0 Å². The second-order valence-corrected chi connectivity index (χ2v) is 4.71. The number of aliphatic carboxylic acids is 1.